The summed E-state index contributed by atoms with van der Waals surface area (Å²) in [6, 6.07) is -0.800. The van der Waals surface area contributed by atoms with Gasteiger partial charge in [-0.1, -0.05) is 34.6 Å². The van der Waals surface area contributed by atoms with Crippen LogP contribution in [0.1, 0.15) is 41.0 Å². The first-order valence-electron chi connectivity index (χ1n) is 7.79. The molecular formula is C16H30N2O5. The molecule has 0 aliphatic carbocycles. The minimum atomic E-state index is -1.59. The molecular weight excluding hydrogens is 300 g/mol. The van der Waals surface area contributed by atoms with Crippen LogP contribution in [0, 0.1) is 17.3 Å². The van der Waals surface area contributed by atoms with Gasteiger partial charge in [0.25, 0.3) is 0 Å². The van der Waals surface area contributed by atoms with E-state index < -0.39 is 41.8 Å². The van der Waals surface area contributed by atoms with E-state index in [9.17, 15) is 19.5 Å². The summed E-state index contributed by atoms with van der Waals surface area (Å²) in [4.78, 5) is 36.1. The van der Waals surface area contributed by atoms with Gasteiger partial charge in [0.05, 0.1) is 5.92 Å². The number of rotatable bonds is 8. The summed E-state index contributed by atoms with van der Waals surface area (Å²) in [7, 11) is 1.48. The average molecular weight is 330 g/mol. The van der Waals surface area contributed by atoms with Gasteiger partial charge in [-0.15, -0.1) is 0 Å². The molecule has 0 heterocycles. The molecule has 4 N–H and O–H groups in total. The number of aliphatic hydroxyl groups excluding tert-OH is 2. The van der Waals surface area contributed by atoms with Crippen molar-refractivity contribution in [1.29, 1.82) is 0 Å². The van der Waals surface area contributed by atoms with Crippen molar-refractivity contribution >= 4 is 17.6 Å². The number of hydrogen-bond donors (Lipinski definition) is 4. The fraction of sp³-hybridized carbons (Fsp3) is 0.812. The molecule has 0 bridgehead atoms. The van der Waals surface area contributed by atoms with Gasteiger partial charge in [-0.2, -0.15) is 0 Å². The van der Waals surface area contributed by atoms with Crippen molar-refractivity contribution in [3.63, 3.8) is 0 Å². The molecule has 0 aliphatic heterocycles. The third kappa shape index (κ3) is 6.66. The molecule has 0 aromatic carbocycles. The molecule has 134 valence electrons. The maximum atomic E-state index is 12.5. The van der Waals surface area contributed by atoms with Crippen LogP contribution in [-0.4, -0.2) is 53.6 Å². The highest BCUT2D eigenvalue weighted by Gasteiger charge is 2.37. The second-order valence-electron chi connectivity index (χ2n) is 7.23. The van der Waals surface area contributed by atoms with Gasteiger partial charge in [-0.05, 0) is 17.8 Å². The van der Waals surface area contributed by atoms with Crippen LogP contribution < -0.4 is 10.6 Å². The van der Waals surface area contributed by atoms with Gasteiger partial charge < -0.3 is 20.8 Å². The maximum Gasteiger partial charge on any atom is 0.242 e. The first-order valence-corrected chi connectivity index (χ1v) is 7.79. The van der Waals surface area contributed by atoms with Gasteiger partial charge in [0, 0.05) is 7.05 Å². The standard InChI is InChI=1S/C16H30N2O5/c1-9(2)7-10(12(21)11(20)8-19)14(22)18-13(15(23)17-6)16(3,4)5/h9-10,12-13,19,21H,7-8H2,1-6H3,(H,17,23)(H,18,22)/t10-,12+,13-/m0/s1. The Morgan fingerprint density at radius 1 is 1.09 bits per heavy atom. The highest BCUT2D eigenvalue weighted by atomic mass is 16.3. The van der Waals surface area contributed by atoms with Crippen LogP contribution in [0.4, 0.5) is 0 Å². The monoisotopic (exact) mass is 330 g/mol. The molecule has 0 aliphatic rings. The normalized spacial score (nSPS) is 15.7. The number of carbonyl (C=O) groups is 3. The number of Topliss-reactive ketones (excluding diaryl/α,β-unsaturated/α-hetero) is 1. The fourth-order valence-corrected chi connectivity index (χ4v) is 2.27. The summed E-state index contributed by atoms with van der Waals surface area (Å²) in [6.45, 7) is 8.30. The number of amides is 2. The van der Waals surface area contributed by atoms with Gasteiger partial charge in [-0.25, -0.2) is 0 Å². The molecule has 0 radical (unpaired) electrons. The Kier molecular flexibility index (Phi) is 8.41. The van der Waals surface area contributed by atoms with Gasteiger partial charge in [-0.3, -0.25) is 14.4 Å². The van der Waals surface area contributed by atoms with Gasteiger partial charge in [0.15, 0.2) is 5.78 Å². The predicted molar refractivity (Wildman–Crippen MR) is 86.5 cm³/mol. The van der Waals surface area contributed by atoms with Crippen LogP contribution in [0.15, 0.2) is 0 Å². The zero-order valence-electron chi connectivity index (χ0n) is 14.8. The van der Waals surface area contributed by atoms with Gasteiger partial charge in [0.1, 0.15) is 18.8 Å². The summed E-state index contributed by atoms with van der Waals surface area (Å²) in [5.74, 6) is -2.68. The highest BCUT2D eigenvalue weighted by Crippen LogP contribution is 2.22. The Bertz CT molecular complexity index is 429. The molecule has 0 saturated carbocycles. The van der Waals surface area contributed by atoms with Crippen LogP contribution in [-0.2, 0) is 14.4 Å². The SMILES string of the molecule is CNC(=O)[C@H](NC(=O)[C@@H](CC(C)C)[C@@H](O)C(=O)CO)C(C)(C)C. The molecule has 0 aromatic heterocycles. The third-order valence-corrected chi connectivity index (χ3v) is 3.59. The number of carbonyl (C=O) groups excluding carboxylic acids is 3. The minimum absolute atomic E-state index is 0.0555. The molecule has 23 heavy (non-hydrogen) atoms. The molecule has 0 saturated heterocycles. The minimum Gasteiger partial charge on any atom is -0.388 e. The topological polar surface area (TPSA) is 116 Å². The predicted octanol–water partition coefficient (Wildman–Crippen LogP) is -0.152. The molecule has 0 rings (SSSR count). The Labute approximate surface area is 137 Å². The van der Waals surface area contributed by atoms with E-state index in [-0.39, 0.29) is 18.2 Å². The zero-order chi connectivity index (χ0) is 18.4. The van der Waals surface area contributed by atoms with E-state index >= 15 is 0 Å². The fourth-order valence-electron chi connectivity index (χ4n) is 2.27. The molecule has 0 unspecified atom stereocenters. The number of nitrogens with one attached hydrogen (secondary N) is 2. The molecule has 3 atom stereocenters. The summed E-state index contributed by atoms with van der Waals surface area (Å²) in [5.41, 5.74) is -0.538. The van der Waals surface area contributed by atoms with Crippen molar-refractivity contribution in [3.8, 4) is 0 Å². The van der Waals surface area contributed by atoms with E-state index in [0.717, 1.165) is 0 Å². The van der Waals surface area contributed by atoms with E-state index in [1.165, 1.54) is 7.05 Å². The van der Waals surface area contributed by atoms with E-state index in [2.05, 4.69) is 10.6 Å². The molecule has 0 spiro atoms. The van der Waals surface area contributed by atoms with Crippen molar-refractivity contribution in [3.05, 3.63) is 0 Å². The Morgan fingerprint density at radius 3 is 1.96 bits per heavy atom. The number of hydrogen-bond acceptors (Lipinski definition) is 5. The van der Waals surface area contributed by atoms with E-state index in [4.69, 9.17) is 5.11 Å². The van der Waals surface area contributed by atoms with Crippen molar-refractivity contribution in [2.75, 3.05) is 13.7 Å². The summed E-state index contributed by atoms with van der Waals surface area (Å²) in [5, 5.41) is 24.1. The second kappa shape index (κ2) is 8.98. The van der Waals surface area contributed by atoms with Crippen LogP contribution in [0.3, 0.4) is 0 Å². The first-order chi connectivity index (χ1) is 10.4. The van der Waals surface area contributed by atoms with Crippen LogP contribution in [0.2, 0.25) is 0 Å². The van der Waals surface area contributed by atoms with Crippen molar-refractivity contribution in [2.24, 2.45) is 17.3 Å². The smallest absolute Gasteiger partial charge is 0.242 e. The lowest BCUT2D eigenvalue weighted by Gasteiger charge is -2.32. The second-order valence-corrected chi connectivity index (χ2v) is 7.23. The van der Waals surface area contributed by atoms with Gasteiger partial charge >= 0.3 is 0 Å². The average Bonchev–Trinajstić information content (AvgIpc) is 2.46. The van der Waals surface area contributed by atoms with Crippen LogP contribution >= 0.6 is 0 Å². The Hall–Kier alpha value is -1.47. The van der Waals surface area contributed by atoms with Crippen LogP contribution in [0.5, 0.6) is 0 Å². The number of likely N-dealkylation sites (N-methyl/N-ethyl adjacent to an activating group) is 1. The molecule has 2 amide bonds. The summed E-state index contributed by atoms with van der Waals surface area (Å²) in [6.07, 6.45) is -1.32. The lowest BCUT2D eigenvalue weighted by Crippen LogP contribution is -2.56. The lowest BCUT2D eigenvalue weighted by molar-refractivity contribution is -0.143. The van der Waals surface area contributed by atoms with E-state index in [1.807, 2.05) is 13.8 Å². The number of aliphatic hydroxyl groups is 2. The molecule has 7 nitrogen and oxygen atoms in total. The van der Waals surface area contributed by atoms with Gasteiger partial charge in [0.2, 0.25) is 11.8 Å². The maximum absolute atomic E-state index is 12.5. The first kappa shape index (κ1) is 21.5. The quantitative estimate of drug-likeness (QED) is 0.494. The van der Waals surface area contributed by atoms with Crippen LogP contribution in [0.25, 0.3) is 0 Å². The Morgan fingerprint density at radius 2 is 1.61 bits per heavy atom. The third-order valence-electron chi connectivity index (χ3n) is 3.59. The largest absolute Gasteiger partial charge is 0.388 e. The van der Waals surface area contributed by atoms with Crippen molar-refractivity contribution < 1.29 is 24.6 Å². The molecule has 0 aromatic rings. The summed E-state index contributed by atoms with van der Waals surface area (Å²) >= 11 is 0. The Balaban J connectivity index is 5.35. The molecule has 7 heteroatoms. The zero-order valence-corrected chi connectivity index (χ0v) is 14.8. The highest BCUT2D eigenvalue weighted by molar-refractivity contribution is 5.93. The summed E-state index contributed by atoms with van der Waals surface area (Å²) < 4.78 is 0. The van der Waals surface area contributed by atoms with E-state index in [1.54, 1.807) is 20.8 Å². The lowest BCUT2D eigenvalue weighted by atomic mass is 9.84. The molecule has 0 fully saturated rings. The number of ketones is 1. The van der Waals surface area contributed by atoms with Crippen molar-refractivity contribution in [2.45, 2.75) is 53.2 Å². The van der Waals surface area contributed by atoms with E-state index in [0.29, 0.717) is 0 Å². The van der Waals surface area contributed by atoms with Crippen molar-refractivity contribution in [1.82, 2.24) is 10.6 Å².